The van der Waals surface area contributed by atoms with Gasteiger partial charge in [0.1, 0.15) is 0 Å². The number of nitrogens with one attached hydrogen (secondary N) is 1. The molecule has 0 bridgehead atoms. The van der Waals surface area contributed by atoms with E-state index in [-0.39, 0.29) is 5.91 Å². The molecular formula is C22H24F3N3O2. The van der Waals surface area contributed by atoms with Crippen LogP contribution in [-0.2, 0) is 4.79 Å². The van der Waals surface area contributed by atoms with Crippen LogP contribution in [0.15, 0.2) is 78.2 Å². The SMILES string of the molecule is C=C(C)C(=O)N1CC=C(/C(=C/C=C\C)C(=C)Nc2ccc(OC(F)(F)F)nc2)CC1. The maximum atomic E-state index is 12.3. The molecule has 0 aliphatic carbocycles. The minimum atomic E-state index is -4.79. The molecule has 1 aromatic heterocycles. The summed E-state index contributed by atoms with van der Waals surface area (Å²) in [4.78, 5) is 17.5. The first-order chi connectivity index (χ1) is 14.1. The van der Waals surface area contributed by atoms with Crippen LogP contribution >= 0.6 is 0 Å². The largest absolute Gasteiger partial charge is 0.574 e. The first kappa shape index (κ1) is 23.0. The predicted molar refractivity (Wildman–Crippen MR) is 111 cm³/mol. The van der Waals surface area contributed by atoms with Crippen molar-refractivity contribution in [3.8, 4) is 5.88 Å². The molecule has 2 rings (SSSR count). The number of halogens is 3. The molecule has 0 atom stereocenters. The maximum absolute atomic E-state index is 12.3. The molecule has 1 amide bonds. The van der Waals surface area contributed by atoms with Crippen molar-refractivity contribution in [2.75, 3.05) is 18.4 Å². The van der Waals surface area contributed by atoms with E-state index >= 15 is 0 Å². The fourth-order valence-corrected chi connectivity index (χ4v) is 2.84. The number of nitrogens with zero attached hydrogens (tertiary/aromatic N) is 2. The number of rotatable bonds is 7. The number of carbonyl (C=O) groups is 1. The van der Waals surface area contributed by atoms with E-state index in [0.29, 0.717) is 36.5 Å². The first-order valence-electron chi connectivity index (χ1n) is 9.26. The normalized spacial score (nSPS) is 15.0. The number of allylic oxidation sites excluding steroid dienone is 4. The van der Waals surface area contributed by atoms with Crippen LogP contribution in [0.5, 0.6) is 5.88 Å². The summed E-state index contributed by atoms with van der Waals surface area (Å²) in [5.41, 5.74) is 3.38. The van der Waals surface area contributed by atoms with Gasteiger partial charge in [-0.1, -0.05) is 37.5 Å². The van der Waals surface area contributed by atoms with Gasteiger partial charge in [0.05, 0.1) is 11.9 Å². The number of aromatic nitrogens is 1. The first-order valence-corrected chi connectivity index (χ1v) is 9.26. The summed E-state index contributed by atoms with van der Waals surface area (Å²) >= 11 is 0. The van der Waals surface area contributed by atoms with Crippen molar-refractivity contribution in [3.05, 3.63) is 78.2 Å². The van der Waals surface area contributed by atoms with Gasteiger partial charge in [-0.05, 0) is 31.9 Å². The number of pyridine rings is 1. The van der Waals surface area contributed by atoms with Gasteiger partial charge >= 0.3 is 6.36 Å². The number of amides is 1. The van der Waals surface area contributed by atoms with Crippen LogP contribution in [0.1, 0.15) is 20.3 Å². The third-order valence-corrected chi connectivity index (χ3v) is 4.24. The van der Waals surface area contributed by atoms with Gasteiger partial charge in [0.25, 0.3) is 0 Å². The number of anilines is 1. The second kappa shape index (κ2) is 9.96. The van der Waals surface area contributed by atoms with Gasteiger partial charge in [0, 0.05) is 36.0 Å². The topological polar surface area (TPSA) is 54.5 Å². The van der Waals surface area contributed by atoms with Gasteiger partial charge in [0.15, 0.2) is 0 Å². The van der Waals surface area contributed by atoms with Crippen LogP contribution < -0.4 is 10.1 Å². The van der Waals surface area contributed by atoms with E-state index in [2.05, 4.69) is 28.2 Å². The second-order valence-corrected chi connectivity index (χ2v) is 6.65. The highest BCUT2D eigenvalue weighted by atomic mass is 19.4. The Bertz CT molecular complexity index is 897. The molecular weight excluding hydrogens is 395 g/mol. The Balaban J connectivity index is 2.13. The number of hydrogen-bond donors (Lipinski definition) is 1. The molecule has 0 aromatic carbocycles. The zero-order chi connectivity index (χ0) is 22.3. The fraction of sp³-hybridized carbons (Fsp3) is 0.273. The Morgan fingerprint density at radius 2 is 2.07 bits per heavy atom. The van der Waals surface area contributed by atoms with Gasteiger partial charge < -0.3 is 15.0 Å². The Kier molecular flexibility index (Phi) is 7.63. The van der Waals surface area contributed by atoms with E-state index in [1.165, 1.54) is 12.3 Å². The summed E-state index contributed by atoms with van der Waals surface area (Å²) in [5, 5.41) is 3.06. The van der Waals surface area contributed by atoms with Crippen molar-refractivity contribution >= 4 is 11.6 Å². The molecule has 0 fully saturated rings. The standard InChI is InChI=1S/C22H24F3N3O2/c1-5-6-7-19(17-10-12-28(13-11-17)21(29)15(2)3)16(4)27-18-8-9-20(26-14-18)30-22(23,24)25/h5-10,14,27H,2,4,11-13H2,1,3H3/b6-5-,19-7+. The lowest BCUT2D eigenvalue weighted by atomic mass is 9.96. The van der Waals surface area contributed by atoms with Crippen molar-refractivity contribution < 1.29 is 22.7 Å². The predicted octanol–water partition coefficient (Wildman–Crippen LogP) is 5.14. The molecule has 0 unspecified atom stereocenters. The van der Waals surface area contributed by atoms with Gasteiger partial charge in [-0.3, -0.25) is 4.79 Å². The van der Waals surface area contributed by atoms with Gasteiger partial charge in [-0.15, -0.1) is 13.2 Å². The highest BCUT2D eigenvalue weighted by molar-refractivity contribution is 5.92. The van der Waals surface area contributed by atoms with E-state index in [0.717, 1.165) is 17.2 Å². The zero-order valence-corrected chi connectivity index (χ0v) is 16.9. The highest BCUT2D eigenvalue weighted by Gasteiger charge is 2.31. The molecule has 160 valence electrons. The van der Waals surface area contributed by atoms with Crippen LogP contribution in [0.25, 0.3) is 0 Å². The van der Waals surface area contributed by atoms with E-state index in [1.807, 2.05) is 31.2 Å². The molecule has 0 saturated carbocycles. The number of carbonyl (C=O) groups excluding carboxylic acids is 1. The molecule has 1 aromatic rings. The van der Waals surface area contributed by atoms with Crippen LogP contribution in [0, 0.1) is 0 Å². The minimum absolute atomic E-state index is 0.0755. The van der Waals surface area contributed by atoms with Crippen molar-refractivity contribution in [2.24, 2.45) is 0 Å². The Labute approximate surface area is 173 Å². The summed E-state index contributed by atoms with van der Waals surface area (Å²) in [7, 11) is 0. The van der Waals surface area contributed by atoms with Crippen molar-refractivity contribution in [1.82, 2.24) is 9.88 Å². The quantitative estimate of drug-likeness (QED) is 0.491. The number of hydrogen-bond acceptors (Lipinski definition) is 4. The van der Waals surface area contributed by atoms with Crippen LogP contribution in [0.2, 0.25) is 0 Å². The van der Waals surface area contributed by atoms with Gasteiger partial charge in [-0.2, -0.15) is 0 Å². The van der Waals surface area contributed by atoms with Crippen LogP contribution in [0.3, 0.4) is 0 Å². The Morgan fingerprint density at radius 1 is 1.33 bits per heavy atom. The molecule has 1 aliphatic rings. The third kappa shape index (κ3) is 6.65. The molecule has 0 radical (unpaired) electrons. The summed E-state index contributed by atoms with van der Waals surface area (Å²) in [6, 6.07) is 2.55. The lowest BCUT2D eigenvalue weighted by molar-refractivity contribution is -0.276. The average Bonchev–Trinajstić information content (AvgIpc) is 2.68. The molecule has 0 spiro atoms. The van der Waals surface area contributed by atoms with Crippen LogP contribution in [-0.4, -0.2) is 35.2 Å². The molecule has 2 heterocycles. The van der Waals surface area contributed by atoms with Gasteiger partial charge in [-0.25, -0.2) is 4.98 Å². The fourth-order valence-electron chi connectivity index (χ4n) is 2.84. The van der Waals surface area contributed by atoms with E-state index in [1.54, 1.807) is 11.8 Å². The smallest absolute Gasteiger partial charge is 0.388 e. The molecule has 1 aliphatic heterocycles. The summed E-state index contributed by atoms with van der Waals surface area (Å²) in [5.74, 6) is -0.617. The molecule has 5 nitrogen and oxygen atoms in total. The van der Waals surface area contributed by atoms with Crippen molar-refractivity contribution in [2.45, 2.75) is 26.6 Å². The van der Waals surface area contributed by atoms with E-state index < -0.39 is 12.2 Å². The van der Waals surface area contributed by atoms with Crippen LogP contribution in [0.4, 0.5) is 18.9 Å². The lowest BCUT2D eigenvalue weighted by Crippen LogP contribution is -2.35. The molecule has 1 N–H and O–H groups in total. The summed E-state index contributed by atoms with van der Waals surface area (Å²) < 4.78 is 40.6. The summed E-state index contributed by atoms with van der Waals surface area (Å²) in [6.07, 6.45) is 4.69. The Hall–Kier alpha value is -3.29. The Morgan fingerprint density at radius 3 is 2.57 bits per heavy atom. The lowest BCUT2D eigenvalue weighted by Gasteiger charge is -2.28. The summed E-state index contributed by atoms with van der Waals surface area (Å²) in [6.45, 7) is 12.3. The highest BCUT2D eigenvalue weighted by Crippen LogP contribution is 2.27. The average molecular weight is 419 g/mol. The monoisotopic (exact) mass is 419 g/mol. The van der Waals surface area contributed by atoms with Crippen molar-refractivity contribution in [1.29, 1.82) is 0 Å². The zero-order valence-electron chi connectivity index (χ0n) is 16.9. The number of ether oxygens (including phenoxy) is 1. The van der Waals surface area contributed by atoms with Crippen molar-refractivity contribution in [3.63, 3.8) is 0 Å². The van der Waals surface area contributed by atoms with Gasteiger partial charge in [0.2, 0.25) is 11.8 Å². The molecule has 8 heteroatoms. The van der Waals surface area contributed by atoms with E-state index in [4.69, 9.17) is 0 Å². The molecule has 0 saturated heterocycles. The third-order valence-electron chi connectivity index (χ3n) is 4.24. The minimum Gasteiger partial charge on any atom is -0.388 e. The maximum Gasteiger partial charge on any atom is 0.574 e. The number of alkyl halides is 3. The second-order valence-electron chi connectivity index (χ2n) is 6.65. The molecule has 30 heavy (non-hydrogen) atoms. The van der Waals surface area contributed by atoms with E-state index in [9.17, 15) is 18.0 Å².